The fourth-order valence-corrected chi connectivity index (χ4v) is 4.28. The largest absolute Gasteiger partial charge is 0.444 e. The molecular weight excluding hydrogens is 376 g/mol. The maximum absolute atomic E-state index is 12.8. The zero-order valence-corrected chi connectivity index (χ0v) is 20.4. The van der Waals surface area contributed by atoms with Crippen molar-refractivity contribution in [3.05, 3.63) is 0 Å². The van der Waals surface area contributed by atoms with E-state index in [1.54, 1.807) is 11.9 Å². The Morgan fingerprint density at radius 3 is 2.18 bits per heavy atom. The van der Waals surface area contributed by atoms with Crippen LogP contribution in [0.15, 0.2) is 0 Å². The standard InChI is InChI=1S/C20H40N2O5Si/c1-19(2,3)26-18(24)22-14-16(27-28(9,10)20(4,5)6)13-15(22)11-12-17(23)21(7)25-8/h15-16H,11-14H2,1-10H3/t15-,16-/m1/s1. The lowest BCUT2D eigenvalue weighted by atomic mass is 10.1. The Hall–Kier alpha value is -1.12. The third-order valence-corrected chi connectivity index (χ3v) is 10.1. The Morgan fingerprint density at radius 1 is 1.14 bits per heavy atom. The normalized spacial score (nSPS) is 21.0. The zero-order chi connectivity index (χ0) is 21.9. The monoisotopic (exact) mass is 416 g/mol. The highest BCUT2D eigenvalue weighted by molar-refractivity contribution is 6.74. The molecule has 1 rings (SSSR count). The maximum atomic E-state index is 12.8. The van der Waals surface area contributed by atoms with Gasteiger partial charge in [-0.3, -0.25) is 9.63 Å². The molecule has 0 aliphatic carbocycles. The molecule has 0 bridgehead atoms. The van der Waals surface area contributed by atoms with Crippen LogP contribution in [0.4, 0.5) is 4.79 Å². The van der Waals surface area contributed by atoms with E-state index >= 15 is 0 Å². The summed E-state index contributed by atoms with van der Waals surface area (Å²) in [6.07, 6.45) is 1.21. The van der Waals surface area contributed by atoms with Gasteiger partial charge in [-0.05, 0) is 51.7 Å². The minimum atomic E-state index is -1.95. The van der Waals surface area contributed by atoms with Crippen molar-refractivity contribution >= 4 is 20.3 Å². The van der Waals surface area contributed by atoms with Gasteiger partial charge in [0.1, 0.15) is 5.60 Å². The van der Waals surface area contributed by atoms with Crippen LogP contribution in [0.2, 0.25) is 18.1 Å². The quantitative estimate of drug-likeness (QED) is 0.480. The van der Waals surface area contributed by atoms with Crippen molar-refractivity contribution in [2.75, 3.05) is 20.7 Å². The molecule has 0 radical (unpaired) electrons. The Kier molecular flexibility index (Phi) is 8.13. The number of hydrogen-bond acceptors (Lipinski definition) is 5. The van der Waals surface area contributed by atoms with Crippen LogP contribution in [0.25, 0.3) is 0 Å². The molecule has 2 atom stereocenters. The van der Waals surface area contributed by atoms with Crippen LogP contribution in [-0.2, 0) is 18.8 Å². The molecule has 1 fully saturated rings. The predicted octanol–water partition coefficient (Wildman–Crippen LogP) is 4.19. The lowest BCUT2D eigenvalue weighted by Gasteiger charge is -2.38. The highest BCUT2D eigenvalue weighted by Gasteiger charge is 2.44. The van der Waals surface area contributed by atoms with E-state index in [1.807, 2.05) is 20.8 Å². The molecule has 1 aliphatic rings. The molecule has 0 spiro atoms. The molecule has 0 saturated carbocycles. The summed E-state index contributed by atoms with van der Waals surface area (Å²) in [5, 5.41) is 1.31. The number of hydroxylamine groups is 2. The van der Waals surface area contributed by atoms with Crippen molar-refractivity contribution in [2.24, 2.45) is 0 Å². The number of amides is 2. The summed E-state index contributed by atoms with van der Waals surface area (Å²) in [4.78, 5) is 31.6. The molecule has 1 saturated heterocycles. The lowest BCUT2D eigenvalue weighted by Crippen LogP contribution is -2.45. The number of nitrogens with zero attached hydrogens (tertiary/aromatic N) is 2. The molecule has 164 valence electrons. The number of hydrogen-bond donors (Lipinski definition) is 0. The average Bonchev–Trinajstić information content (AvgIpc) is 2.91. The number of rotatable bonds is 6. The molecule has 8 heteroatoms. The third-order valence-electron chi connectivity index (χ3n) is 5.59. The minimum absolute atomic E-state index is 0.0336. The molecule has 1 aliphatic heterocycles. The summed E-state index contributed by atoms with van der Waals surface area (Å²) in [5.41, 5.74) is -0.563. The Bertz CT molecular complexity index is 554. The summed E-state index contributed by atoms with van der Waals surface area (Å²) in [5.74, 6) is -0.111. The van der Waals surface area contributed by atoms with Crippen molar-refractivity contribution in [1.29, 1.82) is 0 Å². The van der Waals surface area contributed by atoms with Gasteiger partial charge in [-0.15, -0.1) is 0 Å². The number of likely N-dealkylation sites (tertiary alicyclic amines) is 1. The first-order valence-corrected chi connectivity index (χ1v) is 13.0. The second kappa shape index (κ2) is 9.13. The van der Waals surface area contributed by atoms with E-state index < -0.39 is 13.9 Å². The van der Waals surface area contributed by atoms with E-state index in [4.69, 9.17) is 14.0 Å². The first kappa shape index (κ1) is 24.9. The van der Waals surface area contributed by atoms with Crippen LogP contribution in [0, 0.1) is 0 Å². The van der Waals surface area contributed by atoms with Crippen LogP contribution in [0.5, 0.6) is 0 Å². The van der Waals surface area contributed by atoms with Gasteiger partial charge in [0.25, 0.3) is 0 Å². The van der Waals surface area contributed by atoms with Gasteiger partial charge in [0, 0.05) is 26.1 Å². The third kappa shape index (κ3) is 7.04. The summed E-state index contributed by atoms with van der Waals surface area (Å²) >= 11 is 0. The van der Waals surface area contributed by atoms with Gasteiger partial charge in [-0.25, -0.2) is 9.86 Å². The molecule has 0 N–H and O–H groups in total. The van der Waals surface area contributed by atoms with Crippen LogP contribution in [-0.4, -0.2) is 68.7 Å². The van der Waals surface area contributed by atoms with E-state index in [9.17, 15) is 9.59 Å². The molecule has 7 nitrogen and oxygen atoms in total. The van der Waals surface area contributed by atoms with Gasteiger partial charge in [0.15, 0.2) is 8.32 Å². The number of carbonyl (C=O) groups excluding carboxylic acids is 2. The molecule has 1 heterocycles. The van der Waals surface area contributed by atoms with E-state index in [2.05, 4.69) is 33.9 Å². The van der Waals surface area contributed by atoms with E-state index in [1.165, 1.54) is 12.2 Å². The van der Waals surface area contributed by atoms with E-state index in [0.717, 1.165) is 6.42 Å². The summed E-state index contributed by atoms with van der Waals surface area (Å²) in [6.45, 7) is 17.1. The van der Waals surface area contributed by atoms with Crippen molar-refractivity contribution in [2.45, 2.75) is 96.7 Å². The first-order chi connectivity index (χ1) is 12.6. The van der Waals surface area contributed by atoms with E-state index in [-0.39, 0.29) is 29.2 Å². The summed E-state index contributed by atoms with van der Waals surface area (Å²) < 4.78 is 12.1. The van der Waals surface area contributed by atoms with Crippen LogP contribution in [0.1, 0.15) is 60.8 Å². The van der Waals surface area contributed by atoms with Crippen molar-refractivity contribution in [3.63, 3.8) is 0 Å². The Balaban J connectivity index is 2.89. The van der Waals surface area contributed by atoms with Gasteiger partial charge in [-0.1, -0.05) is 20.8 Å². The predicted molar refractivity (Wildman–Crippen MR) is 112 cm³/mol. The fourth-order valence-electron chi connectivity index (χ4n) is 2.92. The van der Waals surface area contributed by atoms with Gasteiger partial charge in [0.05, 0.1) is 13.2 Å². The number of carbonyl (C=O) groups is 2. The second-order valence-corrected chi connectivity index (χ2v) is 14.9. The molecule has 2 amide bonds. The average molecular weight is 417 g/mol. The first-order valence-electron chi connectivity index (χ1n) is 10.1. The SMILES string of the molecule is CON(C)C(=O)CC[C@@H]1C[C@@H](O[Si](C)(C)C(C)(C)C)CN1C(=O)OC(C)(C)C. The summed E-state index contributed by atoms with van der Waals surface area (Å²) in [7, 11) is 1.10. The highest BCUT2D eigenvalue weighted by atomic mass is 28.4. The highest BCUT2D eigenvalue weighted by Crippen LogP contribution is 2.39. The van der Waals surface area contributed by atoms with Crippen LogP contribution >= 0.6 is 0 Å². The maximum Gasteiger partial charge on any atom is 0.410 e. The zero-order valence-electron chi connectivity index (χ0n) is 19.4. The molecule has 28 heavy (non-hydrogen) atoms. The van der Waals surface area contributed by atoms with Gasteiger partial charge >= 0.3 is 6.09 Å². The van der Waals surface area contributed by atoms with Gasteiger partial charge in [-0.2, -0.15) is 0 Å². The fraction of sp³-hybridized carbons (Fsp3) is 0.900. The Morgan fingerprint density at radius 2 is 1.71 bits per heavy atom. The summed E-state index contributed by atoms with van der Waals surface area (Å²) in [6, 6.07) is -0.0844. The van der Waals surface area contributed by atoms with Gasteiger partial charge in [0.2, 0.25) is 5.91 Å². The van der Waals surface area contributed by atoms with E-state index in [0.29, 0.717) is 19.4 Å². The molecular formula is C20H40N2O5Si. The van der Waals surface area contributed by atoms with Crippen molar-refractivity contribution < 1.29 is 23.6 Å². The second-order valence-electron chi connectivity index (χ2n) is 10.1. The topological polar surface area (TPSA) is 68.3 Å². The molecule has 0 aromatic carbocycles. The van der Waals surface area contributed by atoms with Crippen LogP contribution in [0.3, 0.4) is 0 Å². The molecule has 0 aromatic rings. The van der Waals surface area contributed by atoms with Crippen molar-refractivity contribution in [1.82, 2.24) is 9.96 Å². The lowest BCUT2D eigenvalue weighted by molar-refractivity contribution is -0.168. The van der Waals surface area contributed by atoms with Crippen LogP contribution < -0.4 is 0 Å². The minimum Gasteiger partial charge on any atom is -0.444 e. The molecule has 0 unspecified atom stereocenters. The van der Waals surface area contributed by atoms with Crippen molar-refractivity contribution in [3.8, 4) is 0 Å². The number of ether oxygens (including phenoxy) is 1. The Labute approximate surface area is 171 Å². The smallest absolute Gasteiger partial charge is 0.410 e. The molecule has 0 aromatic heterocycles. The van der Waals surface area contributed by atoms with Gasteiger partial charge < -0.3 is 14.1 Å².